The predicted molar refractivity (Wildman–Crippen MR) is 178 cm³/mol. The van der Waals surface area contributed by atoms with Crippen molar-refractivity contribution in [2.75, 3.05) is 5.32 Å². The number of furan rings is 1. The van der Waals surface area contributed by atoms with Crippen LogP contribution < -0.4 is 5.32 Å². The molecule has 0 saturated carbocycles. The van der Waals surface area contributed by atoms with Crippen molar-refractivity contribution in [1.29, 1.82) is 0 Å². The van der Waals surface area contributed by atoms with E-state index in [0.29, 0.717) is 0 Å². The Balaban J connectivity index is 1.33. The third-order valence-electron chi connectivity index (χ3n) is 9.12. The molecule has 0 spiro atoms. The average Bonchev–Trinajstić information content (AvgIpc) is 3.60. The zero-order chi connectivity index (χ0) is 28.4. The Bertz CT molecular complexity index is 2280. The molecule has 2 heteroatoms. The number of para-hydroxylation sites is 1. The van der Waals surface area contributed by atoms with Crippen molar-refractivity contribution in [3.05, 3.63) is 180 Å². The van der Waals surface area contributed by atoms with E-state index in [1.807, 2.05) is 18.2 Å². The quantitative estimate of drug-likeness (QED) is 0.236. The van der Waals surface area contributed by atoms with Gasteiger partial charge >= 0.3 is 0 Å². The minimum atomic E-state index is -0.469. The minimum absolute atomic E-state index is 0.469. The summed E-state index contributed by atoms with van der Waals surface area (Å²) in [6.45, 7) is 0. The van der Waals surface area contributed by atoms with Gasteiger partial charge in [0.1, 0.15) is 11.2 Å². The van der Waals surface area contributed by atoms with Crippen LogP contribution in [0.15, 0.2) is 162 Å². The second-order valence-electron chi connectivity index (χ2n) is 11.4. The highest BCUT2D eigenvalue weighted by Crippen LogP contribution is 2.58. The largest absolute Gasteiger partial charge is 0.456 e. The first kappa shape index (κ1) is 24.0. The molecular weight excluding hydrogens is 522 g/mol. The monoisotopic (exact) mass is 549 g/mol. The second kappa shape index (κ2) is 9.20. The smallest absolute Gasteiger partial charge is 0.137 e. The molecule has 0 bridgehead atoms. The van der Waals surface area contributed by atoms with Crippen molar-refractivity contribution in [1.82, 2.24) is 0 Å². The van der Waals surface area contributed by atoms with Gasteiger partial charge in [-0.25, -0.2) is 0 Å². The standard InChI is InChI=1S/C41H27NO/c1-3-13-28(14-4-1)41(29-15-5-2-6-16-29)34-25-22-27-12-7-8-17-31(27)39(34)32-24-23-30(26-35(32)41)42-36-19-11-21-38-40(36)33-18-9-10-20-37(33)43-38/h1-26,42H. The van der Waals surface area contributed by atoms with Crippen molar-refractivity contribution in [3.8, 4) is 11.1 Å². The Morgan fingerprint density at radius 1 is 0.488 bits per heavy atom. The fourth-order valence-electron chi connectivity index (χ4n) is 7.37. The van der Waals surface area contributed by atoms with Gasteiger partial charge in [-0.15, -0.1) is 0 Å². The van der Waals surface area contributed by atoms with Crippen LogP contribution in [-0.4, -0.2) is 0 Å². The molecular formula is C41H27NO. The molecule has 0 fully saturated rings. The molecule has 0 saturated heterocycles. The molecule has 202 valence electrons. The van der Waals surface area contributed by atoms with Crippen LogP contribution in [-0.2, 0) is 5.41 Å². The van der Waals surface area contributed by atoms with E-state index < -0.39 is 5.41 Å². The number of benzene rings is 7. The van der Waals surface area contributed by atoms with Crippen LogP contribution in [0.5, 0.6) is 0 Å². The van der Waals surface area contributed by atoms with Crippen molar-refractivity contribution in [2.24, 2.45) is 0 Å². The first-order chi connectivity index (χ1) is 21.3. The summed E-state index contributed by atoms with van der Waals surface area (Å²) in [5.41, 5.74) is 11.1. The lowest BCUT2D eigenvalue weighted by Gasteiger charge is -2.34. The van der Waals surface area contributed by atoms with Crippen LogP contribution in [0.25, 0.3) is 43.8 Å². The van der Waals surface area contributed by atoms with Crippen LogP contribution >= 0.6 is 0 Å². The van der Waals surface area contributed by atoms with E-state index in [0.717, 1.165) is 33.3 Å². The molecule has 43 heavy (non-hydrogen) atoms. The van der Waals surface area contributed by atoms with Gasteiger partial charge in [0.05, 0.1) is 16.5 Å². The molecule has 0 atom stereocenters. The highest BCUT2D eigenvalue weighted by atomic mass is 16.3. The second-order valence-corrected chi connectivity index (χ2v) is 11.4. The van der Waals surface area contributed by atoms with Gasteiger partial charge in [-0.05, 0) is 74.5 Å². The molecule has 1 aliphatic carbocycles. The van der Waals surface area contributed by atoms with E-state index in [9.17, 15) is 0 Å². The minimum Gasteiger partial charge on any atom is -0.456 e. The fourth-order valence-corrected chi connectivity index (χ4v) is 7.37. The lowest BCUT2D eigenvalue weighted by molar-refractivity contribution is 0.669. The Hall–Kier alpha value is -5.60. The first-order valence-corrected chi connectivity index (χ1v) is 14.8. The van der Waals surface area contributed by atoms with Crippen LogP contribution in [0.4, 0.5) is 11.4 Å². The van der Waals surface area contributed by atoms with Gasteiger partial charge in [0.2, 0.25) is 0 Å². The number of hydrogen-bond donors (Lipinski definition) is 1. The molecule has 0 amide bonds. The lowest BCUT2D eigenvalue weighted by atomic mass is 9.67. The molecule has 2 nitrogen and oxygen atoms in total. The molecule has 7 aromatic carbocycles. The molecule has 0 unspecified atom stereocenters. The number of fused-ring (bicyclic) bond motifs is 8. The van der Waals surface area contributed by atoms with Crippen molar-refractivity contribution in [2.45, 2.75) is 5.41 Å². The van der Waals surface area contributed by atoms with E-state index in [1.54, 1.807) is 0 Å². The summed E-state index contributed by atoms with van der Waals surface area (Å²) in [5, 5.41) is 8.55. The van der Waals surface area contributed by atoms with Crippen LogP contribution in [0.2, 0.25) is 0 Å². The van der Waals surface area contributed by atoms with Gasteiger partial charge in [-0.3, -0.25) is 0 Å². The molecule has 0 radical (unpaired) electrons. The molecule has 1 heterocycles. The van der Waals surface area contributed by atoms with Crippen LogP contribution in [0, 0.1) is 0 Å². The highest BCUT2D eigenvalue weighted by molar-refractivity contribution is 6.12. The molecule has 1 aliphatic rings. The maximum Gasteiger partial charge on any atom is 0.137 e. The fraction of sp³-hybridized carbons (Fsp3) is 0.0244. The summed E-state index contributed by atoms with van der Waals surface area (Å²) in [6, 6.07) is 56.7. The zero-order valence-electron chi connectivity index (χ0n) is 23.4. The van der Waals surface area contributed by atoms with E-state index >= 15 is 0 Å². The third-order valence-corrected chi connectivity index (χ3v) is 9.12. The van der Waals surface area contributed by atoms with E-state index in [-0.39, 0.29) is 0 Å². The highest BCUT2D eigenvalue weighted by Gasteiger charge is 2.46. The number of anilines is 2. The summed E-state index contributed by atoms with van der Waals surface area (Å²) in [5.74, 6) is 0. The Kier molecular flexibility index (Phi) is 5.15. The zero-order valence-corrected chi connectivity index (χ0v) is 23.4. The van der Waals surface area contributed by atoms with Gasteiger partial charge < -0.3 is 9.73 Å². The van der Waals surface area contributed by atoms with Gasteiger partial charge in [0, 0.05) is 11.1 Å². The first-order valence-electron chi connectivity index (χ1n) is 14.8. The Morgan fingerprint density at radius 2 is 1.16 bits per heavy atom. The van der Waals surface area contributed by atoms with E-state index in [1.165, 1.54) is 44.2 Å². The van der Waals surface area contributed by atoms with Crippen LogP contribution in [0.1, 0.15) is 22.3 Å². The lowest BCUT2D eigenvalue weighted by Crippen LogP contribution is -2.28. The Morgan fingerprint density at radius 3 is 1.95 bits per heavy atom. The maximum absolute atomic E-state index is 6.20. The van der Waals surface area contributed by atoms with Gasteiger partial charge in [0.15, 0.2) is 0 Å². The normalized spacial score (nSPS) is 13.3. The van der Waals surface area contributed by atoms with E-state index in [2.05, 4.69) is 145 Å². The summed E-state index contributed by atoms with van der Waals surface area (Å²) in [7, 11) is 0. The number of rotatable bonds is 4. The maximum atomic E-state index is 6.20. The topological polar surface area (TPSA) is 25.2 Å². The molecule has 9 rings (SSSR count). The SMILES string of the molecule is c1ccc(C2(c3ccccc3)c3cc(Nc4cccc5oc6ccccc6c45)ccc3-c3c2ccc2ccccc32)cc1. The van der Waals surface area contributed by atoms with Gasteiger partial charge in [-0.1, -0.05) is 127 Å². The van der Waals surface area contributed by atoms with Crippen LogP contribution in [0.3, 0.4) is 0 Å². The van der Waals surface area contributed by atoms with Gasteiger partial charge in [-0.2, -0.15) is 0 Å². The number of nitrogens with one attached hydrogen (secondary N) is 1. The van der Waals surface area contributed by atoms with Crippen molar-refractivity contribution < 1.29 is 4.42 Å². The number of hydrogen-bond acceptors (Lipinski definition) is 2. The summed E-state index contributed by atoms with van der Waals surface area (Å²) >= 11 is 0. The Labute approximate surface area is 249 Å². The molecule has 1 N–H and O–H groups in total. The van der Waals surface area contributed by atoms with Gasteiger partial charge in [0.25, 0.3) is 0 Å². The average molecular weight is 550 g/mol. The summed E-state index contributed by atoms with van der Waals surface area (Å²) in [4.78, 5) is 0. The van der Waals surface area contributed by atoms with E-state index in [4.69, 9.17) is 4.42 Å². The molecule has 1 aromatic heterocycles. The molecule has 8 aromatic rings. The summed E-state index contributed by atoms with van der Waals surface area (Å²) in [6.07, 6.45) is 0. The summed E-state index contributed by atoms with van der Waals surface area (Å²) < 4.78 is 6.20. The predicted octanol–water partition coefficient (Wildman–Crippen LogP) is 10.8. The molecule has 0 aliphatic heterocycles. The van der Waals surface area contributed by atoms with Crippen molar-refractivity contribution >= 4 is 44.1 Å². The van der Waals surface area contributed by atoms with Crippen molar-refractivity contribution in [3.63, 3.8) is 0 Å². The third kappa shape index (κ3) is 3.41.